The molecular formula is C29H33F4N3O4. The summed E-state index contributed by atoms with van der Waals surface area (Å²) in [6, 6.07) is 8.88. The van der Waals surface area contributed by atoms with Gasteiger partial charge in [-0.1, -0.05) is 24.2 Å². The molecule has 11 heteroatoms. The van der Waals surface area contributed by atoms with Crippen LogP contribution in [0.5, 0.6) is 5.75 Å². The molecule has 0 radical (unpaired) electrons. The van der Waals surface area contributed by atoms with E-state index >= 15 is 0 Å². The van der Waals surface area contributed by atoms with Crippen molar-refractivity contribution in [1.82, 2.24) is 5.16 Å². The molecule has 216 valence electrons. The second-order valence-electron chi connectivity index (χ2n) is 10.1. The van der Waals surface area contributed by atoms with Crippen molar-refractivity contribution in [2.75, 3.05) is 30.4 Å². The van der Waals surface area contributed by atoms with Gasteiger partial charge in [0.1, 0.15) is 5.76 Å². The first-order valence-electron chi connectivity index (χ1n) is 13.2. The van der Waals surface area contributed by atoms with E-state index < -0.39 is 23.8 Å². The number of halogens is 4. The highest BCUT2D eigenvalue weighted by molar-refractivity contribution is 5.97. The van der Waals surface area contributed by atoms with E-state index in [0.717, 1.165) is 73.7 Å². The van der Waals surface area contributed by atoms with Crippen LogP contribution in [0, 0.1) is 31.5 Å². The van der Waals surface area contributed by atoms with Crippen molar-refractivity contribution in [3.05, 3.63) is 59.2 Å². The first-order valence-corrected chi connectivity index (χ1v) is 13.2. The molecule has 1 aromatic heterocycles. The van der Waals surface area contributed by atoms with E-state index in [4.69, 9.17) is 9.26 Å². The number of carbonyl (C=O) groups excluding carboxylic acids is 1. The van der Waals surface area contributed by atoms with Gasteiger partial charge in [0, 0.05) is 31.2 Å². The molecule has 1 unspecified atom stereocenters. The van der Waals surface area contributed by atoms with Crippen molar-refractivity contribution in [2.24, 2.45) is 11.8 Å². The molecule has 2 heterocycles. The highest BCUT2D eigenvalue weighted by Gasteiger charge is 2.32. The molecular weight excluding hydrogens is 530 g/mol. The Morgan fingerprint density at radius 2 is 1.88 bits per heavy atom. The van der Waals surface area contributed by atoms with Crippen LogP contribution < -0.4 is 15.4 Å². The van der Waals surface area contributed by atoms with E-state index in [0.29, 0.717) is 22.9 Å². The summed E-state index contributed by atoms with van der Waals surface area (Å²) in [6.07, 6.45) is -1.86. The SMILES string of the molecule is Cc1noc(C)c1-c1ccc(NCCC2CCOCC2)c(NC(=O)C(C)Cc2ccc(OC(F)(F)F)c(F)c2)c1. The number of hydrogen-bond donors (Lipinski definition) is 2. The topological polar surface area (TPSA) is 85.6 Å². The fourth-order valence-electron chi connectivity index (χ4n) is 4.88. The van der Waals surface area contributed by atoms with Gasteiger partial charge < -0.3 is 24.6 Å². The van der Waals surface area contributed by atoms with Crippen molar-refractivity contribution < 1.29 is 36.4 Å². The standard InChI is InChI=1S/C29H33F4N3O4/c1-17(14-21-4-7-26(23(30)15-21)39-29(31,32)33)28(37)35-25-16-22(27-18(2)36-40-19(27)3)5-6-24(25)34-11-8-20-9-12-38-13-10-20/h4-7,15-17,20,34H,8-14H2,1-3H3,(H,35,37). The molecule has 2 aromatic carbocycles. The summed E-state index contributed by atoms with van der Waals surface area (Å²) in [7, 11) is 0. The fourth-order valence-corrected chi connectivity index (χ4v) is 4.88. The number of carbonyl (C=O) groups is 1. The number of aromatic nitrogens is 1. The molecule has 1 aliphatic heterocycles. The molecule has 1 fully saturated rings. The quantitative estimate of drug-likeness (QED) is 0.257. The second-order valence-corrected chi connectivity index (χ2v) is 10.1. The lowest BCUT2D eigenvalue weighted by atomic mass is 9.96. The summed E-state index contributed by atoms with van der Waals surface area (Å²) in [5, 5.41) is 10.4. The molecule has 4 rings (SSSR count). The Balaban J connectivity index is 1.48. The number of ether oxygens (including phenoxy) is 2. The summed E-state index contributed by atoms with van der Waals surface area (Å²) in [6.45, 7) is 7.61. The number of amides is 1. The van der Waals surface area contributed by atoms with Crippen molar-refractivity contribution in [3.63, 3.8) is 0 Å². The number of aryl methyl sites for hydroxylation is 2. The average molecular weight is 564 g/mol. The molecule has 1 amide bonds. The molecule has 2 N–H and O–H groups in total. The number of nitrogens with zero attached hydrogens (tertiary/aromatic N) is 1. The number of benzene rings is 2. The summed E-state index contributed by atoms with van der Waals surface area (Å²) >= 11 is 0. The smallest absolute Gasteiger partial charge is 0.403 e. The van der Waals surface area contributed by atoms with Crippen LogP contribution in [0.4, 0.5) is 28.9 Å². The first kappa shape index (κ1) is 29.4. The van der Waals surface area contributed by atoms with E-state index in [1.165, 1.54) is 6.07 Å². The number of nitrogens with one attached hydrogen (secondary N) is 2. The lowest BCUT2D eigenvalue weighted by Crippen LogP contribution is -2.23. The van der Waals surface area contributed by atoms with Crippen molar-refractivity contribution in [1.29, 1.82) is 0 Å². The van der Waals surface area contributed by atoms with Crippen LogP contribution in [-0.4, -0.2) is 37.2 Å². The molecule has 3 aromatic rings. The number of anilines is 2. The van der Waals surface area contributed by atoms with E-state index in [1.807, 2.05) is 32.0 Å². The number of rotatable bonds is 10. The summed E-state index contributed by atoms with van der Waals surface area (Å²) in [4.78, 5) is 13.2. The zero-order valence-corrected chi connectivity index (χ0v) is 22.7. The third-order valence-electron chi connectivity index (χ3n) is 7.02. The second kappa shape index (κ2) is 12.7. The highest BCUT2D eigenvalue weighted by atomic mass is 19.4. The third-order valence-corrected chi connectivity index (χ3v) is 7.02. The van der Waals surface area contributed by atoms with Gasteiger partial charge in [-0.15, -0.1) is 13.2 Å². The Hall–Kier alpha value is -3.60. The maximum Gasteiger partial charge on any atom is 0.573 e. The van der Waals surface area contributed by atoms with Crippen LogP contribution >= 0.6 is 0 Å². The van der Waals surface area contributed by atoms with Crippen LogP contribution in [0.15, 0.2) is 40.9 Å². The molecule has 40 heavy (non-hydrogen) atoms. The monoisotopic (exact) mass is 563 g/mol. The minimum Gasteiger partial charge on any atom is -0.403 e. The number of hydrogen-bond acceptors (Lipinski definition) is 6. The van der Waals surface area contributed by atoms with Crippen molar-refractivity contribution in [2.45, 2.75) is 52.8 Å². The zero-order valence-electron chi connectivity index (χ0n) is 22.7. The molecule has 0 saturated carbocycles. The van der Waals surface area contributed by atoms with Crippen LogP contribution in [0.25, 0.3) is 11.1 Å². The molecule has 1 aliphatic rings. The molecule has 1 atom stereocenters. The maximum absolute atomic E-state index is 14.2. The van der Waals surface area contributed by atoms with Crippen molar-refractivity contribution >= 4 is 17.3 Å². The minimum absolute atomic E-state index is 0.116. The Labute approximate surface area is 230 Å². The fraction of sp³-hybridized carbons (Fsp3) is 0.448. The average Bonchev–Trinajstić information content (AvgIpc) is 3.24. The molecule has 0 spiro atoms. The first-order chi connectivity index (χ1) is 19.0. The van der Waals surface area contributed by atoms with Gasteiger partial charge in [0.05, 0.1) is 17.1 Å². The third kappa shape index (κ3) is 7.74. The van der Waals surface area contributed by atoms with Gasteiger partial charge in [0.2, 0.25) is 5.91 Å². The molecule has 1 saturated heterocycles. The Bertz CT molecular complexity index is 1300. The van der Waals surface area contributed by atoms with Gasteiger partial charge >= 0.3 is 6.36 Å². The van der Waals surface area contributed by atoms with Gasteiger partial charge in [-0.2, -0.15) is 0 Å². The summed E-state index contributed by atoms with van der Waals surface area (Å²) in [5.74, 6) is -1.75. The number of alkyl halides is 3. The predicted molar refractivity (Wildman–Crippen MR) is 143 cm³/mol. The van der Waals surface area contributed by atoms with Gasteiger partial charge in [-0.3, -0.25) is 4.79 Å². The highest BCUT2D eigenvalue weighted by Crippen LogP contribution is 2.34. The van der Waals surface area contributed by atoms with Gasteiger partial charge in [-0.05, 0) is 80.8 Å². The van der Waals surface area contributed by atoms with Gasteiger partial charge in [-0.25, -0.2) is 4.39 Å². The van der Waals surface area contributed by atoms with Gasteiger partial charge in [0.25, 0.3) is 0 Å². The minimum atomic E-state index is -5.00. The maximum atomic E-state index is 14.2. The van der Waals surface area contributed by atoms with Crippen LogP contribution in [0.2, 0.25) is 0 Å². The molecule has 7 nitrogen and oxygen atoms in total. The zero-order chi connectivity index (χ0) is 28.9. The van der Waals surface area contributed by atoms with E-state index in [1.54, 1.807) is 6.92 Å². The van der Waals surface area contributed by atoms with Crippen LogP contribution in [0.1, 0.15) is 43.2 Å². The Morgan fingerprint density at radius 1 is 1.12 bits per heavy atom. The molecule has 0 aliphatic carbocycles. The predicted octanol–water partition coefficient (Wildman–Crippen LogP) is 7.04. The lowest BCUT2D eigenvalue weighted by molar-refractivity contribution is -0.275. The summed E-state index contributed by atoms with van der Waals surface area (Å²) < 4.78 is 66.0. The van der Waals surface area contributed by atoms with Crippen LogP contribution in [-0.2, 0) is 16.0 Å². The van der Waals surface area contributed by atoms with E-state index in [9.17, 15) is 22.4 Å². The van der Waals surface area contributed by atoms with Crippen molar-refractivity contribution in [3.8, 4) is 16.9 Å². The summed E-state index contributed by atoms with van der Waals surface area (Å²) in [5.41, 5.74) is 4.09. The lowest BCUT2D eigenvalue weighted by Gasteiger charge is -2.23. The van der Waals surface area contributed by atoms with Crippen LogP contribution in [0.3, 0.4) is 0 Å². The van der Waals surface area contributed by atoms with E-state index in [2.05, 4.69) is 20.5 Å². The normalized spacial score (nSPS) is 15.1. The Kier molecular flexibility index (Phi) is 9.34. The molecule has 0 bridgehead atoms. The largest absolute Gasteiger partial charge is 0.573 e. The van der Waals surface area contributed by atoms with Gasteiger partial charge in [0.15, 0.2) is 11.6 Å². The van der Waals surface area contributed by atoms with E-state index in [-0.39, 0.29) is 12.3 Å². The Morgan fingerprint density at radius 3 is 2.52 bits per heavy atom.